The first-order chi connectivity index (χ1) is 10.5. The second-order valence-corrected chi connectivity index (χ2v) is 6.11. The van der Waals surface area contributed by atoms with Gasteiger partial charge < -0.3 is 10.6 Å². The summed E-state index contributed by atoms with van der Waals surface area (Å²) in [7, 11) is 0. The normalized spacial score (nSPS) is 14.8. The van der Waals surface area contributed by atoms with Crippen LogP contribution in [0.5, 0.6) is 0 Å². The largest absolute Gasteiger partial charge is 0.369 e. The van der Waals surface area contributed by atoms with Crippen molar-refractivity contribution in [3.05, 3.63) is 41.2 Å². The molecule has 2 heterocycles. The average molecular weight is 297 g/mol. The molecule has 116 valence electrons. The highest BCUT2D eigenvalue weighted by molar-refractivity contribution is 5.81. The molecule has 22 heavy (non-hydrogen) atoms. The van der Waals surface area contributed by atoms with Gasteiger partial charge in [-0.1, -0.05) is 6.07 Å². The molecule has 2 aromatic rings. The number of nitrogens with two attached hydrogens (primary N) is 1. The highest BCUT2D eigenvalue weighted by Gasteiger charge is 2.18. The number of rotatable bonds is 3. The summed E-state index contributed by atoms with van der Waals surface area (Å²) in [6, 6.07) is 7.08. The van der Waals surface area contributed by atoms with E-state index in [4.69, 9.17) is 5.73 Å². The molecule has 3 rings (SSSR count). The van der Waals surface area contributed by atoms with Crippen LogP contribution in [0.15, 0.2) is 29.5 Å². The van der Waals surface area contributed by atoms with Crippen molar-refractivity contribution in [1.82, 2.24) is 9.66 Å². The maximum atomic E-state index is 5.80. The average Bonchev–Trinajstić information content (AvgIpc) is 2.82. The molecule has 0 unspecified atom stereocenters. The molecule has 0 saturated heterocycles. The molecule has 1 aliphatic rings. The zero-order valence-electron chi connectivity index (χ0n) is 13.5. The van der Waals surface area contributed by atoms with Crippen LogP contribution >= 0.6 is 0 Å². The van der Waals surface area contributed by atoms with E-state index in [9.17, 15) is 0 Å². The molecule has 5 nitrogen and oxygen atoms in total. The van der Waals surface area contributed by atoms with E-state index in [-0.39, 0.29) is 0 Å². The molecular weight excluding hydrogens is 274 g/mol. The molecule has 0 atom stereocenters. The van der Waals surface area contributed by atoms with E-state index in [1.807, 2.05) is 19.3 Å². The molecular formula is C17H23N5. The van der Waals surface area contributed by atoms with Crippen LogP contribution in [0.1, 0.15) is 37.1 Å². The standard InChI is InChI=1S/C17H23N5/c1-12(2)21-8-4-5-15-9-14(6-7-16(15)21)10-19-22-11-13(3)20-17(22)18/h6-7,9-12H,4-5,8H2,1-3H3,(H2,18,20). The first-order valence-electron chi connectivity index (χ1n) is 7.80. The Hall–Kier alpha value is -2.30. The summed E-state index contributed by atoms with van der Waals surface area (Å²) in [5, 5.41) is 4.39. The van der Waals surface area contributed by atoms with E-state index < -0.39 is 0 Å². The van der Waals surface area contributed by atoms with Gasteiger partial charge in [-0.05, 0) is 56.9 Å². The second-order valence-electron chi connectivity index (χ2n) is 6.11. The predicted octanol–water partition coefficient (Wildman–Crippen LogP) is 2.82. The van der Waals surface area contributed by atoms with Gasteiger partial charge >= 0.3 is 0 Å². The monoisotopic (exact) mass is 297 g/mol. The zero-order valence-corrected chi connectivity index (χ0v) is 13.5. The number of hydrogen-bond acceptors (Lipinski definition) is 4. The lowest BCUT2D eigenvalue weighted by atomic mass is 9.98. The summed E-state index contributed by atoms with van der Waals surface area (Å²) in [5.74, 6) is 0.415. The number of hydrogen-bond donors (Lipinski definition) is 1. The van der Waals surface area contributed by atoms with Gasteiger partial charge in [0.05, 0.1) is 18.1 Å². The SMILES string of the molecule is Cc1cn(N=Cc2ccc3c(c2)CCCN3C(C)C)c(N)n1. The smallest absolute Gasteiger partial charge is 0.221 e. The van der Waals surface area contributed by atoms with Gasteiger partial charge in [-0.2, -0.15) is 5.10 Å². The maximum Gasteiger partial charge on any atom is 0.221 e. The third kappa shape index (κ3) is 2.84. The second kappa shape index (κ2) is 5.83. The highest BCUT2D eigenvalue weighted by Crippen LogP contribution is 2.29. The van der Waals surface area contributed by atoms with Crippen molar-refractivity contribution in [3.63, 3.8) is 0 Å². The minimum atomic E-state index is 0.415. The Balaban J connectivity index is 1.86. The Morgan fingerprint density at radius 1 is 1.36 bits per heavy atom. The summed E-state index contributed by atoms with van der Waals surface area (Å²) in [6.45, 7) is 7.54. The van der Waals surface area contributed by atoms with Gasteiger partial charge in [-0.3, -0.25) is 0 Å². The lowest BCUT2D eigenvalue weighted by Crippen LogP contribution is -2.35. The lowest BCUT2D eigenvalue weighted by molar-refractivity contribution is 0.625. The highest BCUT2D eigenvalue weighted by atomic mass is 15.4. The fourth-order valence-electron chi connectivity index (χ4n) is 2.99. The van der Waals surface area contributed by atoms with Gasteiger partial charge in [-0.25, -0.2) is 9.66 Å². The first kappa shape index (κ1) is 14.6. The fourth-order valence-corrected chi connectivity index (χ4v) is 2.99. The summed E-state index contributed by atoms with van der Waals surface area (Å²) < 4.78 is 1.61. The first-order valence-corrected chi connectivity index (χ1v) is 7.80. The van der Waals surface area contributed by atoms with Crippen molar-refractivity contribution in [2.45, 2.75) is 39.7 Å². The molecule has 0 saturated carbocycles. The van der Waals surface area contributed by atoms with Crippen LogP contribution < -0.4 is 10.6 Å². The molecule has 5 heteroatoms. The number of benzene rings is 1. The summed E-state index contributed by atoms with van der Waals surface area (Å²) in [4.78, 5) is 6.61. The Kier molecular flexibility index (Phi) is 3.88. The third-order valence-electron chi connectivity index (χ3n) is 4.05. The van der Waals surface area contributed by atoms with E-state index >= 15 is 0 Å². The van der Waals surface area contributed by atoms with Gasteiger partial charge in [0.2, 0.25) is 5.95 Å². The van der Waals surface area contributed by atoms with Crippen molar-refractivity contribution in [3.8, 4) is 0 Å². The van der Waals surface area contributed by atoms with Gasteiger partial charge in [0.1, 0.15) is 0 Å². The van der Waals surface area contributed by atoms with Crippen LogP contribution in [0.3, 0.4) is 0 Å². The molecule has 1 aromatic heterocycles. The zero-order chi connectivity index (χ0) is 15.7. The molecule has 1 aromatic carbocycles. The van der Waals surface area contributed by atoms with Gasteiger partial charge in [0, 0.05) is 18.3 Å². The van der Waals surface area contributed by atoms with Crippen LogP contribution in [0.4, 0.5) is 11.6 Å². The number of fused-ring (bicyclic) bond motifs is 1. The molecule has 0 bridgehead atoms. The summed E-state index contributed by atoms with van der Waals surface area (Å²) in [5.41, 5.74) is 10.5. The molecule has 0 fully saturated rings. The summed E-state index contributed by atoms with van der Waals surface area (Å²) in [6.07, 6.45) is 6.00. The Bertz CT molecular complexity index is 699. The lowest BCUT2D eigenvalue weighted by Gasteiger charge is -2.34. The number of aryl methyl sites for hydroxylation is 2. The van der Waals surface area contributed by atoms with E-state index in [0.29, 0.717) is 12.0 Å². The van der Waals surface area contributed by atoms with Crippen molar-refractivity contribution < 1.29 is 0 Å². The Morgan fingerprint density at radius 3 is 2.86 bits per heavy atom. The van der Waals surface area contributed by atoms with E-state index in [1.165, 1.54) is 17.7 Å². The van der Waals surface area contributed by atoms with Crippen LogP contribution in [-0.2, 0) is 6.42 Å². The molecule has 0 spiro atoms. The van der Waals surface area contributed by atoms with E-state index in [2.05, 4.69) is 47.0 Å². The van der Waals surface area contributed by atoms with Crippen molar-refractivity contribution in [2.24, 2.45) is 5.10 Å². The minimum absolute atomic E-state index is 0.415. The maximum absolute atomic E-state index is 5.80. The molecule has 2 N–H and O–H groups in total. The van der Waals surface area contributed by atoms with Crippen molar-refractivity contribution >= 4 is 17.9 Å². The molecule has 0 radical (unpaired) electrons. The van der Waals surface area contributed by atoms with Crippen LogP contribution in [0.2, 0.25) is 0 Å². The fraction of sp³-hybridized carbons (Fsp3) is 0.412. The number of imidazole rings is 1. The predicted molar refractivity (Wildman–Crippen MR) is 91.6 cm³/mol. The van der Waals surface area contributed by atoms with Crippen LogP contribution in [0, 0.1) is 6.92 Å². The molecule has 0 amide bonds. The minimum Gasteiger partial charge on any atom is -0.369 e. The third-order valence-corrected chi connectivity index (χ3v) is 4.05. The van der Waals surface area contributed by atoms with Gasteiger partial charge in [0.15, 0.2) is 0 Å². The quantitative estimate of drug-likeness (QED) is 0.886. The Morgan fingerprint density at radius 2 is 2.18 bits per heavy atom. The Labute approximate surface area is 131 Å². The van der Waals surface area contributed by atoms with Crippen molar-refractivity contribution in [1.29, 1.82) is 0 Å². The van der Waals surface area contributed by atoms with Gasteiger partial charge in [0.25, 0.3) is 0 Å². The van der Waals surface area contributed by atoms with Crippen molar-refractivity contribution in [2.75, 3.05) is 17.2 Å². The number of aromatic nitrogens is 2. The topological polar surface area (TPSA) is 59.4 Å². The number of anilines is 2. The molecule has 0 aliphatic carbocycles. The van der Waals surface area contributed by atoms with Crippen LogP contribution in [0.25, 0.3) is 0 Å². The number of nitrogen functional groups attached to an aromatic ring is 1. The van der Waals surface area contributed by atoms with E-state index in [1.54, 1.807) is 4.68 Å². The summed E-state index contributed by atoms with van der Waals surface area (Å²) >= 11 is 0. The van der Waals surface area contributed by atoms with Gasteiger partial charge in [-0.15, -0.1) is 0 Å². The number of nitrogens with zero attached hydrogens (tertiary/aromatic N) is 4. The van der Waals surface area contributed by atoms with Crippen LogP contribution in [-0.4, -0.2) is 28.5 Å². The van der Waals surface area contributed by atoms with E-state index in [0.717, 1.165) is 24.2 Å². The molecule has 1 aliphatic heterocycles.